The van der Waals surface area contributed by atoms with E-state index >= 15 is 0 Å². The molecular formula is C16H25FN2. The third-order valence-electron chi connectivity index (χ3n) is 4.16. The first-order chi connectivity index (χ1) is 9.13. The van der Waals surface area contributed by atoms with Crippen molar-refractivity contribution < 1.29 is 4.39 Å². The minimum Gasteiger partial charge on any atom is -0.366 e. The Balaban J connectivity index is 2.22. The molecule has 0 bridgehead atoms. The Morgan fingerprint density at radius 3 is 2.53 bits per heavy atom. The minimum atomic E-state index is -0.137. The topological polar surface area (TPSA) is 29.3 Å². The Morgan fingerprint density at radius 2 is 2.00 bits per heavy atom. The highest BCUT2D eigenvalue weighted by Gasteiger charge is 2.22. The molecule has 0 saturated heterocycles. The van der Waals surface area contributed by atoms with Gasteiger partial charge in [0.15, 0.2) is 0 Å². The van der Waals surface area contributed by atoms with E-state index in [1.165, 1.54) is 32.1 Å². The molecule has 106 valence electrons. The first kappa shape index (κ1) is 14.3. The summed E-state index contributed by atoms with van der Waals surface area (Å²) in [6, 6.07) is 5.81. The Hall–Kier alpha value is -1.09. The van der Waals surface area contributed by atoms with Crippen LogP contribution in [0.1, 0.15) is 57.6 Å². The molecule has 0 spiro atoms. The largest absolute Gasteiger partial charge is 0.366 e. The van der Waals surface area contributed by atoms with Crippen LogP contribution in [-0.4, -0.2) is 12.6 Å². The molecule has 0 aliphatic heterocycles. The lowest BCUT2D eigenvalue weighted by Crippen LogP contribution is -2.37. The van der Waals surface area contributed by atoms with Crippen LogP contribution >= 0.6 is 0 Å². The number of anilines is 1. The Bertz CT molecular complexity index is 411. The summed E-state index contributed by atoms with van der Waals surface area (Å²) in [6.45, 7) is 4.85. The zero-order chi connectivity index (χ0) is 13.8. The molecule has 1 aliphatic carbocycles. The number of rotatable bonds is 4. The maximum absolute atomic E-state index is 14.3. The van der Waals surface area contributed by atoms with E-state index in [1.807, 2.05) is 19.1 Å². The van der Waals surface area contributed by atoms with Gasteiger partial charge in [0.05, 0.1) is 5.69 Å². The van der Waals surface area contributed by atoms with Gasteiger partial charge in [-0.3, -0.25) is 0 Å². The summed E-state index contributed by atoms with van der Waals surface area (Å²) in [6.07, 6.45) is 6.21. The molecule has 0 unspecified atom stereocenters. The van der Waals surface area contributed by atoms with Crippen molar-refractivity contribution in [3.8, 4) is 0 Å². The molecular weight excluding hydrogens is 239 g/mol. The van der Waals surface area contributed by atoms with Gasteiger partial charge in [-0.15, -0.1) is 0 Å². The van der Waals surface area contributed by atoms with E-state index in [0.717, 1.165) is 17.8 Å². The van der Waals surface area contributed by atoms with Gasteiger partial charge in [-0.25, -0.2) is 4.39 Å². The normalized spacial score (nSPS) is 18.3. The second-order valence-electron chi connectivity index (χ2n) is 5.58. The zero-order valence-corrected chi connectivity index (χ0v) is 12.0. The lowest BCUT2D eigenvalue weighted by Gasteiger charge is -2.35. The first-order valence-electron chi connectivity index (χ1n) is 7.45. The maximum atomic E-state index is 14.3. The van der Waals surface area contributed by atoms with Gasteiger partial charge in [0.25, 0.3) is 0 Å². The van der Waals surface area contributed by atoms with E-state index < -0.39 is 0 Å². The quantitative estimate of drug-likeness (QED) is 0.890. The molecule has 19 heavy (non-hydrogen) atoms. The van der Waals surface area contributed by atoms with Crippen LogP contribution in [0.3, 0.4) is 0 Å². The number of hydrogen-bond donors (Lipinski definition) is 1. The van der Waals surface area contributed by atoms with E-state index in [-0.39, 0.29) is 11.9 Å². The third kappa shape index (κ3) is 3.27. The molecule has 1 atom stereocenters. The minimum absolute atomic E-state index is 0.117. The summed E-state index contributed by atoms with van der Waals surface area (Å²) in [5.74, 6) is -0.137. The van der Waals surface area contributed by atoms with Gasteiger partial charge in [0.2, 0.25) is 0 Å². The highest BCUT2D eigenvalue weighted by molar-refractivity contribution is 5.50. The van der Waals surface area contributed by atoms with Gasteiger partial charge in [-0.2, -0.15) is 0 Å². The number of nitrogens with zero attached hydrogens (tertiary/aromatic N) is 1. The SMILES string of the molecule is CCN(c1ccc([C@@H](C)N)cc1F)C1CCCCC1. The van der Waals surface area contributed by atoms with Crippen LogP contribution in [0, 0.1) is 5.82 Å². The fourth-order valence-corrected chi connectivity index (χ4v) is 3.06. The molecule has 1 aliphatic rings. The first-order valence-corrected chi connectivity index (χ1v) is 7.45. The molecule has 2 N–H and O–H groups in total. The van der Waals surface area contributed by atoms with E-state index in [4.69, 9.17) is 5.73 Å². The van der Waals surface area contributed by atoms with Crippen molar-refractivity contribution in [3.63, 3.8) is 0 Å². The Kier molecular flexibility index (Phi) is 4.81. The van der Waals surface area contributed by atoms with Gasteiger partial charge in [0, 0.05) is 18.6 Å². The van der Waals surface area contributed by atoms with Gasteiger partial charge in [-0.1, -0.05) is 25.3 Å². The fraction of sp³-hybridized carbons (Fsp3) is 0.625. The predicted molar refractivity (Wildman–Crippen MR) is 78.9 cm³/mol. The fourth-order valence-electron chi connectivity index (χ4n) is 3.06. The second-order valence-corrected chi connectivity index (χ2v) is 5.58. The average Bonchev–Trinajstić information content (AvgIpc) is 2.42. The highest BCUT2D eigenvalue weighted by atomic mass is 19.1. The monoisotopic (exact) mass is 264 g/mol. The lowest BCUT2D eigenvalue weighted by atomic mass is 9.93. The van der Waals surface area contributed by atoms with Crippen LogP contribution in [0.15, 0.2) is 18.2 Å². The highest BCUT2D eigenvalue weighted by Crippen LogP contribution is 2.30. The molecule has 1 aromatic rings. The van der Waals surface area contributed by atoms with E-state index in [2.05, 4.69) is 11.8 Å². The third-order valence-corrected chi connectivity index (χ3v) is 4.16. The summed E-state index contributed by atoms with van der Waals surface area (Å²) in [5.41, 5.74) is 7.40. The number of hydrogen-bond acceptors (Lipinski definition) is 2. The summed E-state index contributed by atoms with van der Waals surface area (Å²) in [5, 5.41) is 0. The molecule has 0 radical (unpaired) electrons. The van der Waals surface area contributed by atoms with Crippen molar-refractivity contribution in [2.45, 2.75) is 58.0 Å². The molecule has 3 heteroatoms. The van der Waals surface area contributed by atoms with Gasteiger partial charge in [-0.05, 0) is 44.4 Å². The van der Waals surface area contributed by atoms with Gasteiger partial charge in [0.1, 0.15) is 5.82 Å². The molecule has 2 rings (SSSR count). The summed E-state index contributed by atoms with van der Waals surface area (Å²) in [7, 11) is 0. The average molecular weight is 264 g/mol. The molecule has 0 amide bonds. The number of benzene rings is 1. The molecule has 1 aromatic carbocycles. The number of nitrogens with two attached hydrogens (primary N) is 1. The van der Waals surface area contributed by atoms with E-state index in [1.54, 1.807) is 6.07 Å². The van der Waals surface area contributed by atoms with E-state index in [9.17, 15) is 4.39 Å². The van der Waals surface area contributed by atoms with Crippen molar-refractivity contribution in [2.75, 3.05) is 11.4 Å². The van der Waals surface area contributed by atoms with Crippen molar-refractivity contribution in [1.29, 1.82) is 0 Å². The van der Waals surface area contributed by atoms with E-state index in [0.29, 0.717) is 6.04 Å². The van der Waals surface area contributed by atoms with Gasteiger partial charge >= 0.3 is 0 Å². The van der Waals surface area contributed by atoms with Crippen molar-refractivity contribution in [1.82, 2.24) is 0 Å². The maximum Gasteiger partial charge on any atom is 0.146 e. The Morgan fingerprint density at radius 1 is 1.32 bits per heavy atom. The van der Waals surface area contributed by atoms with Gasteiger partial charge < -0.3 is 10.6 Å². The summed E-state index contributed by atoms with van der Waals surface area (Å²) in [4.78, 5) is 2.22. The zero-order valence-electron chi connectivity index (χ0n) is 12.0. The molecule has 2 nitrogen and oxygen atoms in total. The van der Waals surface area contributed by atoms with Crippen molar-refractivity contribution >= 4 is 5.69 Å². The molecule has 1 saturated carbocycles. The van der Waals surface area contributed by atoms with Crippen LogP contribution in [0.25, 0.3) is 0 Å². The second kappa shape index (κ2) is 6.38. The molecule has 0 aromatic heterocycles. The lowest BCUT2D eigenvalue weighted by molar-refractivity contribution is 0.414. The summed E-state index contributed by atoms with van der Waals surface area (Å²) < 4.78 is 14.3. The van der Waals surface area contributed by atoms with Crippen LogP contribution in [0.5, 0.6) is 0 Å². The van der Waals surface area contributed by atoms with Crippen molar-refractivity contribution in [3.05, 3.63) is 29.6 Å². The summed E-state index contributed by atoms with van der Waals surface area (Å²) >= 11 is 0. The van der Waals surface area contributed by atoms with Crippen LogP contribution < -0.4 is 10.6 Å². The Labute approximate surface area is 115 Å². The molecule has 1 fully saturated rings. The van der Waals surface area contributed by atoms with Crippen LogP contribution in [0.4, 0.5) is 10.1 Å². The standard InChI is InChI=1S/C16H25FN2/c1-3-19(14-7-5-4-6-8-14)16-10-9-13(12(2)18)11-15(16)17/h9-12,14H,3-8,18H2,1-2H3/t12-/m1/s1. The van der Waals surface area contributed by atoms with Crippen LogP contribution in [0.2, 0.25) is 0 Å². The smallest absolute Gasteiger partial charge is 0.146 e. The predicted octanol–water partition coefficient (Wildman–Crippen LogP) is 4.00. The number of halogens is 1. The van der Waals surface area contributed by atoms with Crippen molar-refractivity contribution in [2.24, 2.45) is 5.73 Å². The van der Waals surface area contributed by atoms with Crippen LogP contribution in [-0.2, 0) is 0 Å². The molecule has 0 heterocycles.